The second kappa shape index (κ2) is 8.64. The molecule has 2 aromatic rings. The normalized spacial score (nSPS) is 17.2. The van der Waals surface area contributed by atoms with Crippen LogP contribution in [-0.2, 0) is 22.6 Å². The zero-order valence-electron chi connectivity index (χ0n) is 14.5. The summed E-state index contributed by atoms with van der Waals surface area (Å²) in [5.41, 5.74) is 2.67. The van der Waals surface area contributed by atoms with Crippen LogP contribution in [-0.4, -0.2) is 43.2 Å². The molecule has 1 aliphatic rings. The van der Waals surface area contributed by atoms with Crippen LogP contribution in [0.25, 0.3) is 0 Å². The van der Waals surface area contributed by atoms with Crippen molar-refractivity contribution < 1.29 is 24.0 Å². The number of carbonyl (C=O) groups excluding carboxylic acids is 2. The Morgan fingerprint density at radius 3 is 2.62 bits per heavy atom. The van der Waals surface area contributed by atoms with Gasteiger partial charge < -0.3 is 25.1 Å². The Bertz CT molecular complexity index is 745. The van der Waals surface area contributed by atoms with Crippen LogP contribution in [0.3, 0.4) is 0 Å². The van der Waals surface area contributed by atoms with E-state index < -0.39 is 11.8 Å². The van der Waals surface area contributed by atoms with Crippen LogP contribution < -0.4 is 15.5 Å². The lowest BCUT2D eigenvalue weighted by molar-refractivity contribution is -0.946. The fourth-order valence-corrected chi connectivity index (χ4v) is 3.36. The molecule has 1 aromatic heterocycles. The van der Waals surface area contributed by atoms with Crippen molar-refractivity contribution in [2.45, 2.75) is 19.0 Å². The Kier molecular flexibility index (Phi) is 6.04. The number of rotatable bonds is 6. The monoisotopic (exact) mass is 358 g/mol. The van der Waals surface area contributed by atoms with Crippen molar-refractivity contribution >= 4 is 11.8 Å². The van der Waals surface area contributed by atoms with Crippen LogP contribution in [0.5, 0.6) is 0 Å². The fraction of sp³-hybridized carbons (Fsp3) is 0.368. The quantitative estimate of drug-likeness (QED) is 0.508. The van der Waals surface area contributed by atoms with E-state index in [1.54, 1.807) is 6.26 Å². The third-order valence-corrected chi connectivity index (χ3v) is 4.70. The van der Waals surface area contributed by atoms with Gasteiger partial charge in [-0.05, 0) is 17.7 Å². The molecule has 7 heteroatoms. The van der Waals surface area contributed by atoms with Crippen LogP contribution in [0.4, 0.5) is 0 Å². The van der Waals surface area contributed by atoms with Crippen molar-refractivity contribution in [1.82, 2.24) is 10.6 Å². The highest BCUT2D eigenvalue weighted by Gasteiger charge is 2.31. The molecule has 0 saturated heterocycles. The highest BCUT2D eigenvalue weighted by molar-refractivity contribution is 6.35. The highest BCUT2D eigenvalue weighted by atomic mass is 16.3. The smallest absolute Gasteiger partial charge is 0.309 e. The summed E-state index contributed by atoms with van der Waals surface area (Å²) in [5, 5.41) is 13.8. The molecule has 1 aliphatic heterocycles. The van der Waals surface area contributed by atoms with E-state index in [1.807, 2.05) is 18.2 Å². The molecule has 2 heterocycles. The first-order valence-electron chi connectivity index (χ1n) is 8.80. The molecular weight excluding hydrogens is 334 g/mol. The van der Waals surface area contributed by atoms with Gasteiger partial charge >= 0.3 is 11.8 Å². The van der Waals surface area contributed by atoms with E-state index in [2.05, 4.69) is 28.8 Å². The number of benzene rings is 1. The van der Waals surface area contributed by atoms with Crippen molar-refractivity contribution in [2.24, 2.45) is 0 Å². The van der Waals surface area contributed by atoms with Gasteiger partial charge in [0, 0.05) is 18.5 Å². The van der Waals surface area contributed by atoms with Gasteiger partial charge in [0.25, 0.3) is 0 Å². The Labute approximate surface area is 152 Å². The lowest BCUT2D eigenvalue weighted by atomic mass is 9.98. The Morgan fingerprint density at radius 1 is 1.12 bits per heavy atom. The summed E-state index contributed by atoms with van der Waals surface area (Å²) in [4.78, 5) is 24.9. The van der Waals surface area contributed by atoms with Gasteiger partial charge in [-0.3, -0.25) is 9.59 Å². The molecule has 7 nitrogen and oxygen atoms in total. The first kappa shape index (κ1) is 18.2. The first-order chi connectivity index (χ1) is 12.7. The number of hydrogen-bond donors (Lipinski definition) is 4. The van der Waals surface area contributed by atoms with Crippen LogP contribution in [0.2, 0.25) is 0 Å². The third-order valence-electron chi connectivity index (χ3n) is 4.70. The summed E-state index contributed by atoms with van der Waals surface area (Å²) in [6, 6.07) is 12.0. The molecule has 0 bridgehead atoms. The summed E-state index contributed by atoms with van der Waals surface area (Å²) >= 11 is 0. The summed E-state index contributed by atoms with van der Waals surface area (Å²) < 4.78 is 5.59. The maximum absolute atomic E-state index is 12.0. The number of amides is 2. The molecule has 0 saturated carbocycles. The van der Waals surface area contributed by atoms with Crippen LogP contribution in [0.1, 0.15) is 22.9 Å². The number of nitrogens with one attached hydrogen (secondary N) is 3. The second-order valence-corrected chi connectivity index (χ2v) is 6.36. The standard InChI is InChI=1S/C19H23N3O4/c23-10-8-20-18(24)19(25)21-12-16(17-6-3-11-26-17)22-9-7-14-4-1-2-5-15(14)13-22/h1-6,11,16,23H,7-10,12-13H2,(H,20,24)(H,21,25)/p+1/t16-/m0/s1. The molecule has 2 atom stereocenters. The summed E-state index contributed by atoms with van der Waals surface area (Å²) in [6.45, 7) is 1.92. The average Bonchev–Trinajstić information content (AvgIpc) is 3.20. The molecule has 138 valence electrons. The predicted molar refractivity (Wildman–Crippen MR) is 94.2 cm³/mol. The Balaban J connectivity index is 1.67. The predicted octanol–water partition coefficient (Wildman–Crippen LogP) is -0.813. The molecule has 2 amide bonds. The topological polar surface area (TPSA) is 96.0 Å². The number of aliphatic hydroxyl groups is 1. The molecule has 1 unspecified atom stereocenters. The van der Waals surface area contributed by atoms with Crippen LogP contribution in [0, 0.1) is 0 Å². The summed E-state index contributed by atoms with van der Waals surface area (Å²) in [7, 11) is 0. The molecule has 0 spiro atoms. The SMILES string of the molecule is O=C(NCCO)C(=O)NC[C@@H](c1ccco1)[NH+]1CCc2ccccc2C1. The maximum Gasteiger partial charge on any atom is 0.309 e. The highest BCUT2D eigenvalue weighted by Crippen LogP contribution is 2.15. The van der Waals surface area contributed by atoms with Gasteiger partial charge in [0.15, 0.2) is 11.8 Å². The molecule has 4 N–H and O–H groups in total. The molecule has 0 aliphatic carbocycles. The number of aliphatic hydroxyl groups excluding tert-OH is 1. The van der Waals surface area contributed by atoms with Gasteiger partial charge in [0.1, 0.15) is 6.54 Å². The molecule has 0 radical (unpaired) electrons. The molecule has 26 heavy (non-hydrogen) atoms. The van der Waals surface area contributed by atoms with E-state index in [0.717, 1.165) is 25.3 Å². The van der Waals surface area contributed by atoms with E-state index in [4.69, 9.17) is 9.52 Å². The number of fused-ring (bicyclic) bond motifs is 1. The van der Waals surface area contributed by atoms with E-state index in [0.29, 0.717) is 6.54 Å². The molecule has 3 rings (SSSR count). The van der Waals surface area contributed by atoms with Gasteiger partial charge in [-0.15, -0.1) is 0 Å². The van der Waals surface area contributed by atoms with E-state index in [1.165, 1.54) is 16.0 Å². The van der Waals surface area contributed by atoms with Gasteiger partial charge in [0.05, 0.1) is 26.0 Å². The minimum Gasteiger partial charge on any atom is -0.463 e. The fourth-order valence-electron chi connectivity index (χ4n) is 3.36. The van der Waals surface area contributed by atoms with Gasteiger partial charge in [0.2, 0.25) is 0 Å². The molecule has 0 fully saturated rings. The van der Waals surface area contributed by atoms with Crippen molar-refractivity contribution in [3.63, 3.8) is 0 Å². The largest absolute Gasteiger partial charge is 0.463 e. The zero-order chi connectivity index (χ0) is 18.4. The van der Waals surface area contributed by atoms with Gasteiger partial charge in [-0.2, -0.15) is 0 Å². The number of furan rings is 1. The number of quaternary nitrogens is 1. The second-order valence-electron chi connectivity index (χ2n) is 6.36. The average molecular weight is 358 g/mol. The minimum atomic E-state index is -0.740. The number of carbonyl (C=O) groups is 2. The first-order valence-corrected chi connectivity index (χ1v) is 8.80. The number of hydrogen-bond acceptors (Lipinski definition) is 4. The summed E-state index contributed by atoms with van der Waals surface area (Å²) in [6.07, 6.45) is 2.59. The maximum atomic E-state index is 12.0. The van der Waals surface area contributed by atoms with Crippen molar-refractivity contribution in [3.8, 4) is 0 Å². The van der Waals surface area contributed by atoms with Crippen molar-refractivity contribution in [2.75, 3.05) is 26.2 Å². The minimum absolute atomic E-state index is 0.0576. The van der Waals surface area contributed by atoms with Gasteiger partial charge in [-0.1, -0.05) is 24.3 Å². The summed E-state index contributed by atoms with van der Waals surface area (Å²) in [5.74, 6) is -0.654. The Hall–Kier alpha value is -2.64. The van der Waals surface area contributed by atoms with Crippen LogP contribution >= 0.6 is 0 Å². The van der Waals surface area contributed by atoms with E-state index >= 15 is 0 Å². The zero-order valence-corrected chi connectivity index (χ0v) is 14.5. The third kappa shape index (κ3) is 4.30. The van der Waals surface area contributed by atoms with Crippen LogP contribution in [0.15, 0.2) is 47.1 Å². The molecule has 1 aromatic carbocycles. The van der Waals surface area contributed by atoms with Crippen molar-refractivity contribution in [3.05, 3.63) is 59.5 Å². The van der Waals surface area contributed by atoms with E-state index in [9.17, 15) is 9.59 Å². The van der Waals surface area contributed by atoms with E-state index in [-0.39, 0.29) is 19.2 Å². The Morgan fingerprint density at radius 2 is 1.88 bits per heavy atom. The van der Waals surface area contributed by atoms with Crippen molar-refractivity contribution in [1.29, 1.82) is 0 Å². The molecular formula is C19H24N3O4+. The lowest BCUT2D eigenvalue weighted by Gasteiger charge is -2.31. The van der Waals surface area contributed by atoms with Gasteiger partial charge in [-0.25, -0.2) is 0 Å². The lowest BCUT2D eigenvalue weighted by Crippen LogP contribution is -3.12.